The minimum Gasteiger partial charge on any atom is -0.378 e. The van der Waals surface area contributed by atoms with Crippen LogP contribution < -0.4 is 4.90 Å². The molecule has 3 rings (SSSR count). The van der Waals surface area contributed by atoms with Crippen molar-refractivity contribution in [1.29, 1.82) is 0 Å². The van der Waals surface area contributed by atoms with Crippen LogP contribution in [0, 0.1) is 12.3 Å². The average molecular weight is 291 g/mol. The van der Waals surface area contributed by atoms with Gasteiger partial charge in [-0.15, -0.1) is 0 Å². The maximum Gasteiger partial charge on any atom is 0.0367 e. The van der Waals surface area contributed by atoms with Crippen LogP contribution in [0.3, 0.4) is 0 Å². The van der Waals surface area contributed by atoms with Crippen LogP contribution in [0.2, 0.25) is 0 Å². The first kappa shape index (κ1) is 14.9. The maximum absolute atomic E-state index is 2.41. The van der Waals surface area contributed by atoms with Gasteiger partial charge in [-0.3, -0.25) is 0 Å². The third-order valence-electron chi connectivity index (χ3n) is 4.14. The number of hydrogen-bond donors (Lipinski definition) is 0. The van der Waals surface area contributed by atoms with Crippen LogP contribution in [0.5, 0.6) is 0 Å². The van der Waals surface area contributed by atoms with E-state index in [4.69, 9.17) is 0 Å². The van der Waals surface area contributed by atoms with E-state index < -0.39 is 0 Å². The molecule has 1 heteroatoms. The highest BCUT2D eigenvalue weighted by Gasteiger charge is 2.25. The molecule has 0 bridgehead atoms. The first-order valence-corrected chi connectivity index (χ1v) is 7.92. The Morgan fingerprint density at radius 3 is 2.00 bits per heavy atom. The van der Waals surface area contributed by atoms with Crippen molar-refractivity contribution in [2.75, 3.05) is 19.0 Å². The van der Waals surface area contributed by atoms with Crippen LogP contribution in [0.1, 0.15) is 37.5 Å². The number of fused-ring (bicyclic) bond motifs is 3. The van der Waals surface area contributed by atoms with Crippen molar-refractivity contribution >= 4 is 11.3 Å². The van der Waals surface area contributed by atoms with E-state index in [9.17, 15) is 0 Å². The van der Waals surface area contributed by atoms with Crippen LogP contribution in [0.25, 0.3) is 16.7 Å². The summed E-state index contributed by atoms with van der Waals surface area (Å²) in [6.45, 7) is 8.96. The van der Waals surface area contributed by atoms with Crippen LogP contribution in [0.4, 0.5) is 5.69 Å². The fourth-order valence-corrected chi connectivity index (χ4v) is 3.12. The fraction of sp³-hybridized carbons (Fsp3) is 0.333. The lowest BCUT2D eigenvalue weighted by Gasteiger charge is -2.16. The number of hydrogen-bond acceptors (Lipinski definition) is 1. The average Bonchev–Trinajstić information content (AvgIpc) is 2.70. The van der Waals surface area contributed by atoms with Gasteiger partial charge in [0.15, 0.2) is 0 Å². The molecular weight excluding hydrogens is 266 g/mol. The monoisotopic (exact) mass is 291 g/mol. The summed E-state index contributed by atoms with van der Waals surface area (Å²) in [5, 5.41) is 0. The number of allylic oxidation sites excluding steroid dienone is 1. The summed E-state index contributed by atoms with van der Waals surface area (Å²) in [4.78, 5) is 2.17. The summed E-state index contributed by atoms with van der Waals surface area (Å²) in [5.41, 5.74) is 9.57. The van der Waals surface area contributed by atoms with Crippen molar-refractivity contribution in [3.05, 3.63) is 59.2 Å². The highest BCUT2D eigenvalue weighted by molar-refractivity contribution is 6.02. The SMILES string of the molecule is Cc1ccc2c(c1)-c1cc(N(C)C)ccc1/C2=C/C(C)(C)C. The molecule has 0 atom stereocenters. The second-order valence-corrected chi connectivity index (χ2v) is 7.60. The van der Waals surface area contributed by atoms with Crippen molar-refractivity contribution < 1.29 is 0 Å². The molecule has 22 heavy (non-hydrogen) atoms. The highest BCUT2D eigenvalue weighted by Crippen LogP contribution is 2.47. The van der Waals surface area contributed by atoms with E-state index >= 15 is 0 Å². The van der Waals surface area contributed by atoms with Crippen LogP contribution in [-0.4, -0.2) is 14.1 Å². The molecule has 2 aromatic carbocycles. The van der Waals surface area contributed by atoms with Crippen molar-refractivity contribution in [3.63, 3.8) is 0 Å². The molecule has 2 aromatic rings. The molecule has 0 unspecified atom stereocenters. The largest absolute Gasteiger partial charge is 0.378 e. The number of nitrogens with zero attached hydrogens (tertiary/aromatic N) is 1. The number of rotatable bonds is 1. The van der Waals surface area contributed by atoms with Crippen molar-refractivity contribution in [1.82, 2.24) is 0 Å². The van der Waals surface area contributed by atoms with E-state index in [1.807, 2.05) is 0 Å². The summed E-state index contributed by atoms with van der Waals surface area (Å²) in [7, 11) is 4.19. The lowest BCUT2D eigenvalue weighted by Crippen LogP contribution is -2.08. The fourth-order valence-electron chi connectivity index (χ4n) is 3.12. The molecule has 0 spiro atoms. The first-order valence-electron chi connectivity index (χ1n) is 7.92. The molecule has 0 saturated heterocycles. The second kappa shape index (κ2) is 5.01. The minimum absolute atomic E-state index is 0.166. The zero-order valence-corrected chi connectivity index (χ0v) is 14.5. The molecule has 0 aliphatic heterocycles. The van der Waals surface area contributed by atoms with E-state index in [1.165, 1.54) is 39.1 Å². The summed E-state index contributed by atoms with van der Waals surface area (Å²) in [6.07, 6.45) is 2.41. The quantitative estimate of drug-likeness (QED) is 0.570. The van der Waals surface area contributed by atoms with Gasteiger partial charge in [-0.05, 0) is 52.3 Å². The van der Waals surface area contributed by atoms with E-state index in [2.05, 4.69) is 89.2 Å². The Bertz CT molecular complexity index is 758. The van der Waals surface area contributed by atoms with E-state index in [1.54, 1.807) is 0 Å². The van der Waals surface area contributed by atoms with E-state index in [-0.39, 0.29) is 5.41 Å². The summed E-state index contributed by atoms with van der Waals surface area (Å²) < 4.78 is 0. The Hall–Kier alpha value is -2.02. The first-order chi connectivity index (χ1) is 10.3. The Balaban J connectivity index is 2.29. The van der Waals surface area contributed by atoms with Crippen molar-refractivity contribution in [3.8, 4) is 11.1 Å². The van der Waals surface area contributed by atoms with Gasteiger partial charge in [0.25, 0.3) is 0 Å². The van der Waals surface area contributed by atoms with Gasteiger partial charge in [-0.1, -0.05) is 56.7 Å². The lowest BCUT2D eigenvalue weighted by atomic mass is 9.90. The van der Waals surface area contributed by atoms with Gasteiger partial charge in [-0.25, -0.2) is 0 Å². The molecular formula is C21H25N. The normalized spacial score (nSPS) is 14.9. The number of aryl methyl sites for hydroxylation is 1. The molecule has 0 amide bonds. The van der Waals surface area contributed by atoms with Gasteiger partial charge in [0, 0.05) is 19.8 Å². The minimum atomic E-state index is 0.166. The Labute approximate surface area is 134 Å². The third kappa shape index (κ3) is 2.56. The Morgan fingerprint density at radius 2 is 1.41 bits per heavy atom. The number of benzene rings is 2. The second-order valence-electron chi connectivity index (χ2n) is 7.60. The van der Waals surface area contributed by atoms with Crippen molar-refractivity contribution in [2.45, 2.75) is 27.7 Å². The van der Waals surface area contributed by atoms with Crippen molar-refractivity contribution in [2.24, 2.45) is 5.41 Å². The number of anilines is 1. The summed E-state index contributed by atoms with van der Waals surface area (Å²) in [5.74, 6) is 0. The molecule has 1 aliphatic rings. The van der Waals surface area contributed by atoms with Crippen LogP contribution in [-0.2, 0) is 0 Å². The van der Waals surface area contributed by atoms with Gasteiger partial charge in [0.2, 0.25) is 0 Å². The van der Waals surface area contributed by atoms with Gasteiger partial charge in [0.05, 0.1) is 0 Å². The smallest absolute Gasteiger partial charge is 0.0367 e. The molecule has 0 saturated carbocycles. The highest BCUT2D eigenvalue weighted by atomic mass is 15.1. The van der Waals surface area contributed by atoms with Crippen LogP contribution >= 0.6 is 0 Å². The molecule has 0 aromatic heterocycles. The molecule has 0 radical (unpaired) electrons. The maximum atomic E-state index is 2.41. The van der Waals surface area contributed by atoms with Gasteiger partial charge < -0.3 is 4.90 Å². The summed E-state index contributed by atoms with van der Waals surface area (Å²) in [6, 6.07) is 13.6. The predicted octanol–water partition coefficient (Wildman–Crippen LogP) is 5.52. The molecule has 114 valence electrons. The van der Waals surface area contributed by atoms with Gasteiger partial charge >= 0.3 is 0 Å². The topological polar surface area (TPSA) is 3.24 Å². The molecule has 0 heterocycles. The molecule has 1 aliphatic carbocycles. The van der Waals surface area contributed by atoms with Crippen LogP contribution in [0.15, 0.2) is 42.5 Å². The van der Waals surface area contributed by atoms with E-state index in [0.29, 0.717) is 0 Å². The van der Waals surface area contributed by atoms with E-state index in [0.717, 1.165) is 0 Å². The Morgan fingerprint density at radius 1 is 0.818 bits per heavy atom. The molecule has 0 N–H and O–H groups in total. The lowest BCUT2D eigenvalue weighted by molar-refractivity contribution is 0.546. The molecule has 0 fully saturated rings. The Kier molecular flexibility index (Phi) is 3.40. The summed E-state index contributed by atoms with van der Waals surface area (Å²) >= 11 is 0. The zero-order chi connectivity index (χ0) is 16.1. The zero-order valence-electron chi connectivity index (χ0n) is 14.5. The third-order valence-corrected chi connectivity index (χ3v) is 4.14. The van der Waals surface area contributed by atoms with Gasteiger partial charge in [-0.2, -0.15) is 0 Å². The van der Waals surface area contributed by atoms with Gasteiger partial charge in [0.1, 0.15) is 0 Å². The molecule has 1 nitrogen and oxygen atoms in total. The standard InChI is InChI=1S/C21H25N/c1-14-7-9-16-18(11-14)19-12-15(22(5)6)8-10-17(19)20(16)13-21(2,3)4/h7-13H,1-6H3/b20-13+. The predicted molar refractivity (Wildman–Crippen MR) is 97.5 cm³/mol.